The van der Waals surface area contributed by atoms with E-state index in [0.29, 0.717) is 17.6 Å². The maximum Gasteiger partial charge on any atom is 0.238 e. The van der Waals surface area contributed by atoms with Gasteiger partial charge in [-0.25, -0.2) is 9.97 Å². The Labute approximate surface area is 263 Å². The number of aromatic nitrogens is 8. The summed E-state index contributed by atoms with van der Waals surface area (Å²) in [6.07, 6.45) is 6.99. The Balaban J connectivity index is 1.30. The molecular formula is C38H24N8. The maximum absolute atomic E-state index is 5.05. The fourth-order valence-electron chi connectivity index (χ4n) is 6.11. The lowest BCUT2D eigenvalue weighted by atomic mass is 10.1. The van der Waals surface area contributed by atoms with Crippen LogP contribution in [-0.4, -0.2) is 39.0 Å². The van der Waals surface area contributed by atoms with Crippen LogP contribution < -0.4 is 0 Å². The van der Waals surface area contributed by atoms with Gasteiger partial charge in [-0.2, -0.15) is 9.97 Å². The van der Waals surface area contributed by atoms with E-state index in [-0.39, 0.29) is 0 Å². The van der Waals surface area contributed by atoms with Crippen LogP contribution in [0.4, 0.5) is 0 Å². The molecule has 0 spiro atoms. The lowest BCUT2D eigenvalue weighted by Crippen LogP contribution is -2.06. The van der Waals surface area contributed by atoms with Crippen molar-refractivity contribution in [3.05, 3.63) is 146 Å². The van der Waals surface area contributed by atoms with Crippen LogP contribution in [0.2, 0.25) is 0 Å². The number of fused-ring (bicyclic) bond motifs is 4. The van der Waals surface area contributed by atoms with Crippen LogP contribution in [0.5, 0.6) is 0 Å². The number of para-hydroxylation sites is 3. The van der Waals surface area contributed by atoms with Gasteiger partial charge < -0.3 is 0 Å². The third-order valence-corrected chi connectivity index (χ3v) is 8.21. The Morgan fingerprint density at radius 3 is 1.74 bits per heavy atom. The van der Waals surface area contributed by atoms with Crippen molar-refractivity contribution in [2.45, 2.75) is 0 Å². The predicted molar refractivity (Wildman–Crippen MR) is 181 cm³/mol. The van der Waals surface area contributed by atoms with Crippen LogP contribution in [0.25, 0.3) is 78.6 Å². The Morgan fingerprint density at radius 2 is 1.02 bits per heavy atom. The van der Waals surface area contributed by atoms with Crippen LogP contribution in [0.1, 0.15) is 0 Å². The molecule has 0 aliphatic rings. The summed E-state index contributed by atoms with van der Waals surface area (Å²) in [5.41, 5.74) is 7.78. The standard InChI is InChI=1S/C38H24N8/c1-2-8-27(9-3-1)37-41-31-11-5-7-13-34(31)45(37)28-14-15-33-30(24-28)29-10-4-6-12-32(29)46(33)38-43-35(25-16-20-39-21-17-25)42-36(44-38)26-18-22-40-23-19-26/h1-24H. The molecule has 0 atom stereocenters. The summed E-state index contributed by atoms with van der Waals surface area (Å²) in [5.74, 6) is 2.57. The van der Waals surface area contributed by atoms with Gasteiger partial charge in [-0.1, -0.05) is 60.7 Å². The van der Waals surface area contributed by atoms with Crippen molar-refractivity contribution in [2.24, 2.45) is 0 Å². The molecule has 0 amide bonds. The van der Waals surface area contributed by atoms with Gasteiger partial charge in [-0.05, 0) is 60.7 Å². The summed E-state index contributed by atoms with van der Waals surface area (Å²) in [6.45, 7) is 0. The number of nitrogens with zero attached hydrogens (tertiary/aromatic N) is 8. The molecule has 0 fully saturated rings. The average molecular weight is 593 g/mol. The fraction of sp³-hybridized carbons (Fsp3) is 0. The molecule has 9 aromatic rings. The van der Waals surface area contributed by atoms with Crippen molar-refractivity contribution in [1.82, 2.24) is 39.0 Å². The van der Waals surface area contributed by atoms with Crippen molar-refractivity contribution < 1.29 is 0 Å². The van der Waals surface area contributed by atoms with Crippen molar-refractivity contribution in [3.8, 4) is 45.8 Å². The van der Waals surface area contributed by atoms with E-state index < -0.39 is 0 Å². The zero-order valence-electron chi connectivity index (χ0n) is 24.4. The molecule has 0 radical (unpaired) electrons. The highest BCUT2D eigenvalue weighted by Crippen LogP contribution is 2.36. The van der Waals surface area contributed by atoms with E-state index in [0.717, 1.165) is 61.0 Å². The van der Waals surface area contributed by atoms with Crippen molar-refractivity contribution >= 4 is 32.8 Å². The third kappa shape index (κ3) is 4.23. The van der Waals surface area contributed by atoms with Crippen LogP contribution in [0, 0.1) is 0 Å². The number of imidazole rings is 1. The highest BCUT2D eigenvalue weighted by atomic mass is 15.2. The molecular weight excluding hydrogens is 568 g/mol. The minimum atomic E-state index is 0.533. The van der Waals surface area contributed by atoms with Crippen LogP contribution in [0.15, 0.2) is 146 Å². The van der Waals surface area contributed by atoms with Gasteiger partial charge in [0.15, 0.2) is 11.6 Å². The molecule has 216 valence electrons. The third-order valence-electron chi connectivity index (χ3n) is 8.21. The van der Waals surface area contributed by atoms with E-state index >= 15 is 0 Å². The molecule has 0 bridgehead atoms. The maximum atomic E-state index is 5.05. The lowest BCUT2D eigenvalue weighted by Gasteiger charge is -2.12. The minimum absolute atomic E-state index is 0.533. The van der Waals surface area contributed by atoms with E-state index in [1.807, 2.05) is 54.6 Å². The highest BCUT2D eigenvalue weighted by Gasteiger charge is 2.20. The summed E-state index contributed by atoms with van der Waals surface area (Å²) in [5, 5.41) is 2.18. The molecule has 9 rings (SSSR count). The number of rotatable bonds is 5. The average Bonchev–Trinajstić information content (AvgIpc) is 3.69. The zero-order chi connectivity index (χ0) is 30.5. The summed E-state index contributed by atoms with van der Waals surface area (Å²) in [4.78, 5) is 28.3. The number of hydrogen-bond donors (Lipinski definition) is 0. The van der Waals surface area contributed by atoms with E-state index in [1.165, 1.54) is 0 Å². The molecule has 0 unspecified atom stereocenters. The van der Waals surface area contributed by atoms with Gasteiger partial charge in [0.1, 0.15) is 5.82 Å². The Morgan fingerprint density at radius 1 is 0.413 bits per heavy atom. The van der Waals surface area contributed by atoms with Gasteiger partial charge in [-0.3, -0.25) is 19.1 Å². The Hall–Kier alpha value is -6.54. The zero-order valence-corrected chi connectivity index (χ0v) is 24.4. The first kappa shape index (κ1) is 25.9. The van der Waals surface area contributed by atoms with Crippen molar-refractivity contribution in [1.29, 1.82) is 0 Å². The summed E-state index contributed by atoms with van der Waals surface area (Å²) in [7, 11) is 0. The fourth-order valence-corrected chi connectivity index (χ4v) is 6.11. The number of pyridine rings is 2. The van der Waals surface area contributed by atoms with Crippen LogP contribution >= 0.6 is 0 Å². The summed E-state index contributed by atoms with van der Waals surface area (Å²) in [6, 6.07) is 41.1. The van der Waals surface area contributed by atoms with Gasteiger partial charge in [0.2, 0.25) is 5.95 Å². The van der Waals surface area contributed by atoms with Crippen molar-refractivity contribution in [3.63, 3.8) is 0 Å². The van der Waals surface area contributed by atoms with E-state index in [1.54, 1.807) is 24.8 Å². The van der Waals surface area contributed by atoms with Gasteiger partial charge in [-0.15, -0.1) is 0 Å². The normalized spacial score (nSPS) is 11.5. The molecule has 0 saturated carbocycles. The second-order valence-electron chi connectivity index (χ2n) is 10.9. The van der Waals surface area contributed by atoms with E-state index in [4.69, 9.17) is 19.9 Å². The summed E-state index contributed by atoms with van der Waals surface area (Å²) < 4.78 is 4.36. The second kappa shape index (κ2) is 10.6. The Bertz CT molecular complexity index is 2460. The molecule has 8 heteroatoms. The van der Waals surface area contributed by atoms with E-state index in [2.05, 4.69) is 85.8 Å². The molecule has 0 N–H and O–H groups in total. The highest BCUT2D eigenvalue weighted by molar-refractivity contribution is 6.10. The van der Waals surface area contributed by atoms with Crippen LogP contribution in [0.3, 0.4) is 0 Å². The molecule has 0 saturated heterocycles. The molecule has 46 heavy (non-hydrogen) atoms. The Kier molecular flexibility index (Phi) is 5.95. The first-order valence-corrected chi connectivity index (χ1v) is 15.0. The van der Waals surface area contributed by atoms with Gasteiger partial charge in [0.25, 0.3) is 0 Å². The van der Waals surface area contributed by atoms with E-state index in [9.17, 15) is 0 Å². The minimum Gasteiger partial charge on any atom is -0.292 e. The number of benzene rings is 4. The van der Waals surface area contributed by atoms with Gasteiger partial charge >= 0.3 is 0 Å². The largest absolute Gasteiger partial charge is 0.292 e. The number of hydrogen-bond acceptors (Lipinski definition) is 6. The smallest absolute Gasteiger partial charge is 0.238 e. The van der Waals surface area contributed by atoms with Crippen molar-refractivity contribution in [2.75, 3.05) is 0 Å². The predicted octanol–water partition coefficient (Wildman–Crippen LogP) is 8.10. The topological polar surface area (TPSA) is 87.2 Å². The van der Waals surface area contributed by atoms with Crippen LogP contribution in [-0.2, 0) is 0 Å². The quantitative estimate of drug-likeness (QED) is 0.201. The first-order chi connectivity index (χ1) is 22.8. The van der Waals surface area contributed by atoms with Gasteiger partial charge in [0.05, 0.1) is 22.1 Å². The molecule has 5 heterocycles. The second-order valence-corrected chi connectivity index (χ2v) is 10.9. The van der Waals surface area contributed by atoms with Gasteiger partial charge in [0, 0.05) is 57.9 Å². The molecule has 0 aliphatic heterocycles. The molecule has 8 nitrogen and oxygen atoms in total. The molecule has 4 aromatic carbocycles. The lowest BCUT2D eigenvalue weighted by molar-refractivity contribution is 0.952. The monoisotopic (exact) mass is 592 g/mol. The molecule has 5 aromatic heterocycles. The first-order valence-electron chi connectivity index (χ1n) is 15.0. The molecule has 0 aliphatic carbocycles. The SMILES string of the molecule is c1ccc(-c2nc3ccccc3n2-c2ccc3c(c2)c2ccccc2n3-c2nc(-c3ccncc3)nc(-c3ccncc3)n2)cc1. The summed E-state index contributed by atoms with van der Waals surface area (Å²) >= 11 is 0.